The minimum Gasteiger partial charge on any atom is -0.465 e. The zero-order chi connectivity index (χ0) is 20.1. The third kappa shape index (κ3) is 2.66. The topological polar surface area (TPSA) is 46.5 Å². The van der Waals surface area contributed by atoms with Crippen LogP contribution >= 0.6 is 0 Å². The number of rotatable bonds is 3. The van der Waals surface area contributed by atoms with E-state index in [4.69, 9.17) is 4.74 Å². The summed E-state index contributed by atoms with van der Waals surface area (Å²) in [4.78, 5) is 11.8. The summed E-state index contributed by atoms with van der Waals surface area (Å²) in [6, 6.07) is 18.0. The molecule has 0 saturated carbocycles. The maximum absolute atomic E-state index is 11.8. The van der Waals surface area contributed by atoms with E-state index in [9.17, 15) is 9.90 Å². The zero-order valence-electron chi connectivity index (χ0n) is 16.7. The lowest BCUT2D eigenvalue weighted by molar-refractivity contribution is 0.0600. The van der Waals surface area contributed by atoms with Crippen LogP contribution in [0.1, 0.15) is 46.0 Å². The van der Waals surface area contributed by atoms with E-state index in [1.165, 1.54) is 7.11 Å². The molecular weight excluding hydrogens is 348 g/mol. The number of esters is 1. The normalized spacial score (nSPS) is 17.2. The molecule has 0 radical (unpaired) electrons. The molecule has 1 atom stereocenters. The lowest BCUT2D eigenvalue weighted by atomic mass is 9.83. The van der Waals surface area contributed by atoms with Gasteiger partial charge in [0.1, 0.15) is 5.60 Å². The highest BCUT2D eigenvalue weighted by Crippen LogP contribution is 2.53. The number of fused-ring (bicyclic) bond motifs is 3. The van der Waals surface area contributed by atoms with Gasteiger partial charge in [0.25, 0.3) is 0 Å². The molecule has 1 aliphatic carbocycles. The molecule has 4 rings (SSSR count). The van der Waals surface area contributed by atoms with Gasteiger partial charge in [-0.2, -0.15) is 0 Å². The molecule has 0 aliphatic heterocycles. The van der Waals surface area contributed by atoms with Gasteiger partial charge in [-0.15, -0.1) is 0 Å². The summed E-state index contributed by atoms with van der Waals surface area (Å²) in [6.07, 6.45) is 0.590. The van der Waals surface area contributed by atoms with E-state index in [0.29, 0.717) is 12.0 Å². The Kier molecular flexibility index (Phi) is 4.35. The van der Waals surface area contributed by atoms with Crippen LogP contribution < -0.4 is 0 Å². The largest absolute Gasteiger partial charge is 0.465 e. The molecule has 3 heteroatoms. The van der Waals surface area contributed by atoms with Crippen molar-refractivity contribution in [3.8, 4) is 22.3 Å². The van der Waals surface area contributed by atoms with Crippen molar-refractivity contribution in [2.24, 2.45) is 0 Å². The number of carbonyl (C=O) groups excluding carboxylic acids is 1. The highest BCUT2D eigenvalue weighted by molar-refractivity contribution is 5.91. The van der Waals surface area contributed by atoms with E-state index in [0.717, 1.165) is 44.5 Å². The smallest absolute Gasteiger partial charge is 0.337 e. The Balaban J connectivity index is 1.96. The van der Waals surface area contributed by atoms with Crippen molar-refractivity contribution in [1.29, 1.82) is 0 Å². The van der Waals surface area contributed by atoms with Gasteiger partial charge in [0.2, 0.25) is 0 Å². The lowest BCUT2D eigenvalue weighted by Crippen LogP contribution is -2.24. The third-order valence-corrected chi connectivity index (χ3v) is 5.74. The van der Waals surface area contributed by atoms with E-state index < -0.39 is 5.60 Å². The van der Waals surface area contributed by atoms with Gasteiger partial charge in [-0.25, -0.2) is 4.79 Å². The molecule has 3 nitrogen and oxygen atoms in total. The number of hydrogen-bond donors (Lipinski definition) is 1. The standard InChI is InChI=1S/C25H24O3/c1-5-25(27)22-14-15(2)6-11-19(22)21-13-16(3)12-20(23(21)25)17-7-9-18(10-8-17)24(26)28-4/h6-14,27H,5H2,1-4H3. The van der Waals surface area contributed by atoms with Crippen LogP contribution in [0, 0.1) is 13.8 Å². The molecule has 1 N–H and O–H groups in total. The number of methoxy groups -OCH3 is 1. The first kappa shape index (κ1) is 18.5. The fourth-order valence-corrected chi connectivity index (χ4v) is 4.31. The molecule has 0 heterocycles. The average Bonchev–Trinajstić information content (AvgIpc) is 2.95. The molecule has 0 bridgehead atoms. The summed E-state index contributed by atoms with van der Waals surface area (Å²) in [5.74, 6) is -0.353. The number of hydrogen-bond acceptors (Lipinski definition) is 3. The van der Waals surface area contributed by atoms with Crippen molar-refractivity contribution >= 4 is 5.97 Å². The first-order valence-electron chi connectivity index (χ1n) is 9.56. The monoisotopic (exact) mass is 372 g/mol. The van der Waals surface area contributed by atoms with E-state index in [-0.39, 0.29) is 5.97 Å². The fraction of sp³-hybridized carbons (Fsp3) is 0.240. The summed E-state index contributed by atoms with van der Waals surface area (Å²) in [6.45, 7) is 6.14. The van der Waals surface area contributed by atoms with Crippen molar-refractivity contribution in [3.05, 3.63) is 82.4 Å². The van der Waals surface area contributed by atoms with Crippen LogP contribution in [-0.2, 0) is 10.3 Å². The number of benzene rings is 3. The van der Waals surface area contributed by atoms with Crippen LogP contribution in [0.3, 0.4) is 0 Å². The van der Waals surface area contributed by atoms with Gasteiger partial charge in [0.15, 0.2) is 0 Å². The first-order valence-corrected chi connectivity index (χ1v) is 9.56. The summed E-state index contributed by atoms with van der Waals surface area (Å²) in [5, 5.41) is 11.8. The number of ether oxygens (including phenoxy) is 1. The second kappa shape index (κ2) is 6.61. The maximum atomic E-state index is 11.8. The SMILES string of the molecule is CCC1(O)c2cc(C)ccc2-c2cc(C)cc(-c3ccc(C(=O)OC)cc3)c21. The van der Waals surface area contributed by atoms with Crippen LogP contribution in [0.15, 0.2) is 54.6 Å². The predicted octanol–water partition coefficient (Wildman–Crippen LogP) is 5.38. The molecule has 142 valence electrons. The molecule has 3 aromatic rings. The molecule has 0 aromatic heterocycles. The van der Waals surface area contributed by atoms with Crippen molar-refractivity contribution in [2.45, 2.75) is 32.8 Å². The van der Waals surface area contributed by atoms with Crippen molar-refractivity contribution in [2.75, 3.05) is 7.11 Å². The fourth-order valence-electron chi connectivity index (χ4n) is 4.31. The van der Waals surface area contributed by atoms with Gasteiger partial charge in [0.05, 0.1) is 12.7 Å². The van der Waals surface area contributed by atoms with Crippen molar-refractivity contribution in [1.82, 2.24) is 0 Å². The maximum Gasteiger partial charge on any atom is 0.337 e. The minimum atomic E-state index is -1.03. The van der Waals surface area contributed by atoms with Gasteiger partial charge in [-0.3, -0.25) is 0 Å². The summed E-state index contributed by atoms with van der Waals surface area (Å²) in [5.41, 5.74) is 7.86. The van der Waals surface area contributed by atoms with E-state index >= 15 is 0 Å². The quantitative estimate of drug-likeness (QED) is 0.628. The Morgan fingerprint density at radius 2 is 1.61 bits per heavy atom. The Hall–Kier alpha value is -2.91. The summed E-state index contributed by atoms with van der Waals surface area (Å²) >= 11 is 0. The van der Waals surface area contributed by atoms with Gasteiger partial charge in [0, 0.05) is 5.56 Å². The van der Waals surface area contributed by atoms with Crippen LogP contribution in [0.2, 0.25) is 0 Å². The van der Waals surface area contributed by atoms with Gasteiger partial charge < -0.3 is 9.84 Å². The van der Waals surface area contributed by atoms with Crippen molar-refractivity contribution in [3.63, 3.8) is 0 Å². The molecule has 0 fully saturated rings. The molecule has 0 saturated heterocycles. The Labute approximate surface area is 165 Å². The van der Waals surface area contributed by atoms with E-state index in [1.54, 1.807) is 12.1 Å². The molecular formula is C25H24O3. The molecule has 0 spiro atoms. The van der Waals surface area contributed by atoms with Crippen LogP contribution in [0.5, 0.6) is 0 Å². The Morgan fingerprint density at radius 1 is 0.929 bits per heavy atom. The minimum absolute atomic E-state index is 0.353. The molecule has 1 unspecified atom stereocenters. The molecule has 1 aliphatic rings. The molecule has 28 heavy (non-hydrogen) atoms. The van der Waals surface area contributed by atoms with Crippen LogP contribution in [0.4, 0.5) is 0 Å². The number of aryl methyl sites for hydroxylation is 2. The van der Waals surface area contributed by atoms with Gasteiger partial charge in [-0.05, 0) is 65.8 Å². The second-order valence-electron chi connectivity index (χ2n) is 7.57. The van der Waals surface area contributed by atoms with Crippen molar-refractivity contribution < 1.29 is 14.6 Å². The lowest BCUT2D eigenvalue weighted by Gasteiger charge is -2.27. The van der Waals surface area contributed by atoms with E-state index in [1.807, 2.05) is 19.1 Å². The summed E-state index contributed by atoms with van der Waals surface area (Å²) in [7, 11) is 1.38. The Bertz CT molecular complexity index is 1080. The Morgan fingerprint density at radius 3 is 2.25 bits per heavy atom. The van der Waals surface area contributed by atoms with Gasteiger partial charge in [-0.1, -0.05) is 55.0 Å². The highest BCUT2D eigenvalue weighted by atomic mass is 16.5. The average molecular weight is 372 g/mol. The third-order valence-electron chi connectivity index (χ3n) is 5.74. The second-order valence-corrected chi connectivity index (χ2v) is 7.57. The van der Waals surface area contributed by atoms with Crippen LogP contribution in [-0.4, -0.2) is 18.2 Å². The number of aliphatic hydroxyl groups is 1. The molecule has 0 amide bonds. The van der Waals surface area contributed by atoms with Gasteiger partial charge >= 0.3 is 5.97 Å². The van der Waals surface area contributed by atoms with E-state index in [2.05, 4.69) is 44.2 Å². The summed E-state index contributed by atoms with van der Waals surface area (Å²) < 4.78 is 4.80. The highest BCUT2D eigenvalue weighted by Gasteiger charge is 2.42. The molecule has 3 aromatic carbocycles. The zero-order valence-corrected chi connectivity index (χ0v) is 16.7. The predicted molar refractivity (Wildman–Crippen MR) is 111 cm³/mol. The van der Waals surface area contributed by atoms with Crippen LogP contribution in [0.25, 0.3) is 22.3 Å². The number of carbonyl (C=O) groups is 1. The first-order chi connectivity index (χ1) is 13.4.